The normalized spacial score (nSPS) is 14.7. The van der Waals surface area contributed by atoms with Crippen LogP contribution in [0.3, 0.4) is 0 Å². The smallest absolute Gasteiger partial charge is 0.406 e. The zero-order valence-corrected chi connectivity index (χ0v) is 21.2. The standard InChI is InChI=1S/C24H24F6N8O3/c25-23(26,27)40-18-5-1-16(2-6-18)15-32-37-22-35-20(31-9-10-38-11-13-39-14-12-38)34-21(36-22)33-17-3-7-19(8-4-17)41-24(28,29)30/h1-8H,9-15H2,(H2,31,33,34,35,36). The summed E-state index contributed by atoms with van der Waals surface area (Å²) in [5.41, 5.74) is 0.926. The molecule has 1 fully saturated rings. The van der Waals surface area contributed by atoms with E-state index in [2.05, 4.69) is 50.2 Å². The van der Waals surface area contributed by atoms with Crippen LogP contribution in [-0.4, -0.2) is 72.0 Å². The Labute approximate surface area is 229 Å². The fourth-order valence-corrected chi connectivity index (χ4v) is 3.54. The van der Waals surface area contributed by atoms with E-state index in [1.54, 1.807) is 0 Å². The van der Waals surface area contributed by atoms with Gasteiger partial charge in [0.05, 0.1) is 19.8 Å². The first-order chi connectivity index (χ1) is 19.5. The van der Waals surface area contributed by atoms with Crippen LogP contribution < -0.4 is 20.1 Å². The lowest BCUT2D eigenvalue weighted by Gasteiger charge is -2.26. The van der Waals surface area contributed by atoms with Crippen LogP contribution in [0, 0.1) is 0 Å². The van der Waals surface area contributed by atoms with E-state index in [1.165, 1.54) is 24.3 Å². The predicted octanol–water partition coefficient (Wildman–Crippen LogP) is 5.44. The highest BCUT2D eigenvalue weighted by Crippen LogP contribution is 2.26. The first-order valence-corrected chi connectivity index (χ1v) is 12.2. The number of anilines is 3. The van der Waals surface area contributed by atoms with Crippen LogP contribution in [0.2, 0.25) is 0 Å². The molecule has 4 rings (SSSR count). The fraction of sp³-hybridized carbons (Fsp3) is 0.375. The van der Waals surface area contributed by atoms with E-state index >= 15 is 0 Å². The van der Waals surface area contributed by atoms with Gasteiger partial charge in [-0.05, 0) is 42.0 Å². The van der Waals surface area contributed by atoms with Gasteiger partial charge in [0, 0.05) is 31.9 Å². The predicted molar refractivity (Wildman–Crippen MR) is 133 cm³/mol. The molecule has 0 bridgehead atoms. The van der Waals surface area contributed by atoms with Gasteiger partial charge < -0.3 is 24.8 Å². The summed E-state index contributed by atoms with van der Waals surface area (Å²) in [7, 11) is 0. The molecule has 0 atom stereocenters. The van der Waals surface area contributed by atoms with Crippen LogP contribution in [0.15, 0.2) is 58.8 Å². The lowest BCUT2D eigenvalue weighted by atomic mass is 10.2. The van der Waals surface area contributed by atoms with Gasteiger partial charge in [-0.3, -0.25) is 4.90 Å². The maximum atomic E-state index is 12.4. The minimum atomic E-state index is -4.82. The van der Waals surface area contributed by atoms with Crippen molar-refractivity contribution in [2.24, 2.45) is 10.2 Å². The molecule has 17 heteroatoms. The van der Waals surface area contributed by atoms with Gasteiger partial charge in [-0.15, -0.1) is 31.5 Å². The molecule has 0 amide bonds. The van der Waals surface area contributed by atoms with Crippen molar-refractivity contribution in [2.75, 3.05) is 50.0 Å². The van der Waals surface area contributed by atoms with Gasteiger partial charge in [0.1, 0.15) is 11.5 Å². The summed E-state index contributed by atoms with van der Waals surface area (Å²) in [6.45, 7) is 4.09. The van der Waals surface area contributed by atoms with Gasteiger partial charge >= 0.3 is 12.7 Å². The molecule has 11 nitrogen and oxygen atoms in total. The van der Waals surface area contributed by atoms with Gasteiger partial charge in [-0.1, -0.05) is 12.1 Å². The molecule has 3 aromatic rings. The van der Waals surface area contributed by atoms with Crippen molar-refractivity contribution in [1.29, 1.82) is 0 Å². The third-order valence-electron chi connectivity index (χ3n) is 5.35. The highest BCUT2D eigenvalue weighted by atomic mass is 19.4. The lowest BCUT2D eigenvalue weighted by Crippen LogP contribution is -2.39. The van der Waals surface area contributed by atoms with Crippen LogP contribution in [0.5, 0.6) is 11.5 Å². The molecular formula is C24H24F6N8O3. The van der Waals surface area contributed by atoms with Gasteiger partial charge in [0.25, 0.3) is 5.95 Å². The number of halogens is 6. The minimum absolute atomic E-state index is 0.0151. The lowest BCUT2D eigenvalue weighted by molar-refractivity contribution is -0.275. The first kappa shape index (κ1) is 29.7. The summed E-state index contributed by atoms with van der Waals surface area (Å²) in [5, 5.41) is 14.0. The molecule has 220 valence electrons. The molecule has 41 heavy (non-hydrogen) atoms. The average Bonchev–Trinajstić information content (AvgIpc) is 2.90. The molecule has 0 spiro atoms. The minimum Gasteiger partial charge on any atom is -0.406 e. The van der Waals surface area contributed by atoms with Crippen LogP contribution in [-0.2, 0) is 11.3 Å². The Morgan fingerprint density at radius 1 is 0.805 bits per heavy atom. The third-order valence-corrected chi connectivity index (χ3v) is 5.35. The van der Waals surface area contributed by atoms with E-state index in [-0.39, 0.29) is 30.1 Å². The zero-order valence-electron chi connectivity index (χ0n) is 21.2. The maximum absolute atomic E-state index is 12.4. The van der Waals surface area contributed by atoms with E-state index in [0.717, 1.165) is 37.4 Å². The zero-order chi connectivity index (χ0) is 29.3. The number of nitrogens with one attached hydrogen (secondary N) is 2. The molecule has 1 aliphatic heterocycles. The Morgan fingerprint density at radius 3 is 2.00 bits per heavy atom. The van der Waals surface area contributed by atoms with E-state index < -0.39 is 18.5 Å². The number of rotatable bonds is 11. The molecule has 1 aromatic heterocycles. The van der Waals surface area contributed by atoms with Gasteiger partial charge in [-0.25, -0.2) is 0 Å². The van der Waals surface area contributed by atoms with Crippen LogP contribution in [0.1, 0.15) is 5.56 Å². The third kappa shape index (κ3) is 10.7. The molecule has 1 saturated heterocycles. The molecule has 0 radical (unpaired) electrons. The van der Waals surface area contributed by atoms with Crippen molar-refractivity contribution in [1.82, 2.24) is 19.9 Å². The summed E-state index contributed by atoms with van der Waals surface area (Å²) in [6.07, 6.45) is -9.61. The number of alkyl halides is 6. The van der Waals surface area contributed by atoms with Crippen molar-refractivity contribution in [3.63, 3.8) is 0 Å². The first-order valence-electron chi connectivity index (χ1n) is 12.2. The number of morpholine rings is 1. The van der Waals surface area contributed by atoms with E-state index in [9.17, 15) is 26.3 Å². The molecule has 2 heterocycles. The molecule has 0 unspecified atom stereocenters. The fourth-order valence-electron chi connectivity index (χ4n) is 3.54. The Hall–Kier alpha value is -4.25. The maximum Gasteiger partial charge on any atom is 0.573 e. The summed E-state index contributed by atoms with van der Waals surface area (Å²) in [4.78, 5) is 14.9. The van der Waals surface area contributed by atoms with Crippen molar-refractivity contribution in [3.8, 4) is 11.5 Å². The van der Waals surface area contributed by atoms with Crippen molar-refractivity contribution >= 4 is 23.5 Å². The summed E-state index contributed by atoms with van der Waals surface area (Å²) in [5.74, 6) is -0.615. The summed E-state index contributed by atoms with van der Waals surface area (Å²) >= 11 is 0. The number of benzene rings is 2. The summed E-state index contributed by atoms with van der Waals surface area (Å²) < 4.78 is 87.4. The molecular weight excluding hydrogens is 562 g/mol. The number of hydrogen-bond donors (Lipinski definition) is 2. The topological polar surface area (TPSA) is 118 Å². The second-order valence-corrected chi connectivity index (χ2v) is 8.45. The van der Waals surface area contributed by atoms with Gasteiger partial charge in [-0.2, -0.15) is 20.1 Å². The van der Waals surface area contributed by atoms with Crippen molar-refractivity contribution < 1.29 is 40.6 Å². The van der Waals surface area contributed by atoms with E-state index in [1.807, 2.05) is 0 Å². The molecule has 1 aliphatic rings. The average molecular weight is 586 g/mol. The Balaban J connectivity index is 1.44. The molecule has 2 N–H and O–H groups in total. The summed E-state index contributed by atoms with van der Waals surface area (Å²) in [6, 6.07) is 10.1. The van der Waals surface area contributed by atoms with Crippen LogP contribution >= 0.6 is 0 Å². The Morgan fingerprint density at radius 2 is 1.39 bits per heavy atom. The number of nitrogens with zero attached hydrogens (tertiary/aromatic N) is 6. The van der Waals surface area contributed by atoms with Gasteiger partial charge in [0.2, 0.25) is 11.9 Å². The second kappa shape index (κ2) is 13.4. The van der Waals surface area contributed by atoms with Crippen LogP contribution in [0.4, 0.5) is 49.9 Å². The number of aromatic nitrogens is 3. The highest BCUT2D eigenvalue weighted by molar-refractivity contribution is 5.56. The highest BCUT2D eigenvalue weighted by Gasteiger charge is 2.31. The number of ether oxygens (including phenoxy) is 3. The van der Waals surface area contributed by atoms with Crippen molar-refractivity contribution in [2.45, 2.75) is 19.3 Å². The largest absolute Gasteiger partial charge is 0.573 e. The second-order valence-electron chi connectivity index (χ2n) is 8.45. The monoisotopic (exact) mass is 586 g/mol. The molecule has 2 aromatic carbocycles. The molecule has 0 saturated carbocycles. The number of azo groups is 1. The van der Waals surface area contributed by atoms with E-state index in [4.69, 9.17) is 4.74 Å². The van der Waals surface area contributed by atoms with E-state index in [0.29, 0.717) is 37.6 Å². The van der Waals surface area contributed by atoms with Gasteiger partial charge in [0.15, 0.2) is 0 Å². The Kier molecular flexibility index (Phi) is 9.72. The van der Waals surface area contributed by atoms with Crippen LogP contribution in [0.25, 0.3) is 0 Å². The van der Waals surface area contributed by atoms with Crippen molar-refractivity contribution in [3.05, 3.63) is 54.1 Å². The molecule has 0 aliphatic carbocycles. The number of hydrogen-bond acceptors (Lipinski definition) is 11. The Bertz CT molecular complexity index is 1280. The quantitative estimate of drug-likeness (QED) is 0.224. The SMILES string of the molecule is FC(F)(F)Oc1ccc(CN=Nc2nc(NCCN3CCOCC3)nc(Nc3ccc(OC(F)(F)F)cc3)n2)cc1.